The number of aliphatic carboxylic acids is 1. The van der Waals surface area contributed by atoms with Gasteiger partial charge in [-0.15, -0.1) is 0 Å². The van der Waals surface area contributed by atoms with E-state index in [1.165, 1.54) is 11.8 Å². The predicted octanol–water partition coefficient (Wildman–Crippen LogP) is 3.78. The van der Waals surface area contributed by atoms with Crippen LogP contribution in [0.5, 0.6) is 5.75 Å². The lowest BCUT2D eigenvalue weighted by Crippen LogP contribution is -1.99. The Labute approximate surface area is 128 Å². The van der Waals surface area contributed by atoms with Gasteiger partial charge in [0.05, 0.1) is 9.99 Å². The van der Waals surface area contributed by atoms with Crippen LogP contribution < -0.4 is 0 Å². The minimum atomic E-state index is -0.831. The molecule has 0 amide bonds. The molecule has 2 aromatic carbocycles. The molecule has 2 aromatic rings. The maximum absolute atomic E-state index is 10.6. The summed E-state index contributed by atoms with van der Waals surface area (Å²) in [5, 5.41) is 18.3. The third-order valence-corrected chi connectivity index (χ3v) is 4.34. The van der Waals surface area contributed by atoms with Crippen molar-refractivity contribution in [2.24, 2.45) is 0 Å². The SMILES string of the molecule is O=C(O)Cc1ccc(Sc2ccc(I)c(O)c2)cc1. The Morgan fingerprint density at radius 1 is 1.11 bits per heavy atom. The van der Waals surface area contributed by atoms with Crippen LogP contribution in [0.1, 0.15) is 5.56 Å². The summed E-state index contributed by atoms with van der Waals surface area (Å²) >= 11 is 3.60. The van der Waals surface area contributed by atoms with Crippen LogP contribution in [-0.2, 0) is 11.2 Å². The van der Waals surface area contributed by atoms with E-state index in [-0.39, 0.29) is 12.2 Å². The van der Waals surface area contributed by atoms with Gasteiger partial charge >= 0.3 is 5.97 Å². The number of phenols is 1. The first-order valence-electron chi connectivity index (χ1n) is 5.52. The molecule has 0 bridgehead atoms. The quantitative estimate of drug-likeness (QED) is 0.786. The number of phenolic OH excluding ortho intramolecular Hbond substituents is 1. The highest BCUT2D eigenvalue weighted by atomic mass is 127. The molecular formula is C14H11IO3S. The van der Waals surface area contributed by atoms with E-state index in [0.717, 1.165) is 18.9 Å². The number of hydrogen-bond donors (Lipinski definition) is 2. The van der Waals surface area contributed by atoms with E-state index in [4.69, 9.17) is 5.11 Å². The van der Waals surface area contributed by atoms with Crippen LogP contribution in [0.2, 0.25) is 0 Å². The van der Waals surface area contributed by atoms with E-state index in [0.29, 0.717) is 0 Å². The fourth-order valence-electron chi connectivity index (χ4n) is 1.54. The van der Waals surface area contributed by atoms with Crippen LogP contribution in [-0.4, -0.2) is 16.2 Å². The van der Waals surface area contributed by atoms with Crippen LogP contribution in [0.3, 0.4) is 0 Å². The zero-order valence-electron chi connectivity index (χ0n) is 9.84. The highest BCUT2D eigenvalue weighted by Gasteiger charge is 2.03. The molecule has 0 atom stereocenters. The smallest absolute Gasteiger partial charge is 0.307 e. The minimum absolute atomic E-state index is 0.0370. The van der Waals surface area contributed by atoms with E-state index < -0.39 is 5.97 Å². The first-order valence-corrected chi connectivity index (χ1v) is 7.41. The molecule has 2 rings (SSSR count). The molecule has 5 heteroatoms. The number of carboxylic acids is 1. The fourth-order valence-corrected chi connectivity index (χ4v) is 2.73. The predicted molar refractivity (Wildman–Crippen MR) is 82.7 cm³/mol. The first kappa shape index (κ1) is 14.2. The van der Waals surface area contributed by atoms with Crippen LogP contribution in [0.15, 0.2) is 52.3 Å². The first-order chi connectivity index (χ1) is 9.04. The largest absolute Gasteiger partial charge is 0.507 e. The molecule has 2 N–H and O–H groups in total. The van der Waals surface area contributed by atoms with E-state index in [2.05, 4.69) is 22.6 Å². The lowest BCUT2D eigenvalue weighted by molar-refractivity contribution is -0.136. The molecule has 0 aliphatic rings. The molecule has 98 valence electrons. The Hall–Kier alpha value is -1.21. The summed E-state index contributed by atoms with van der Waals surface area (Å²) in [5.74, 6) is -0.559. The van der Waals surface area contributed by atoms with Crippen molar-refractivity contribution in [2.75, 3.05) is 0 Å². The Kier molecular flexibility index (Phi) is 4.71. The number of hydrogen-bond acceptors (Lipinski definition) is 3. The van der Waals surface area contributed by atoms with Gasteiger partial charge in [0.15, 0.2) is 0 Å². The van der Waals surface area contributed by atoms with Gasteiger partial charge in [0.25, 0.3) is 0 Å². The van der Waals surface area contributed by atoms with Gasteiger partial charge < -0.3 is 10.2 Å². The normalized spacial score (nSPS) is 10.4. The molecule has 3 nitrogen and oxygen atoms in total. The summed E-state index contributed by atoms with van der Waals surface area (Å²) in [6.45, 7) is 0. The van der Waals surface area contributed by atoms with Gasteiger partial charge in [0, 0.05) is 9.79 Å². The summed E-state index contributed by atoms with van der Waals surface area (Å²) in [5.41, 5.74) is 0.780. The molecule has 0 radical (unpaired) electrons. The topological polar surface area (TPSA) is 57.5 Å². The van der Waals surface area contributed by atoms with Crippen LogP contribution in [0, 0.1) is 3.57 Å². The van der Waals surface area contributed by atoms with Gasteiger partial charge in [-0.25, -0.2) is 0 Å². The number of rotatable bonds is 4. The Morgan fingerprint density at radius 2 is 1.74 bits per heavy atom. The van der Waals surface area contributed by atoms with Crippen molar-refractivity contribution >= 4 is 40.3 Å². The maximum atomic E-state index is 10.6. The average Bonchev–Trinajstić information content (AvgIpc) is 2.36. The van der Waals surface area contributed by atoms with E-state index >= 15 is 0 Å². The summed E-state index contributed by atoms with van der Waals surface area (Å²) < 4.78 is 0.818. The van der Waals surface area contributed by atoms with E-state index in [9.17, 15) is 9.90 Å². The van der Waals surface area contributed by atoms with Gasteiger partial charge in [-0.3, -0.25) is 4.79 Å². The fraction of sp³-hybridized carbons (Fsp3) is 0.0714. The van der Waals surface area contributed by atoms with Gasteiger partial charge in [0.2, 0.25) is 0 Å². The molecule has 0 saturated carbocycles. The molecule has 0 unspecified atom stereocenters. The van der Waals surface area contributed by atoms with Gasteiger partial charge in [-0.2, -0.15) is 0 Å². The van der Waals surface area contributed by atoms with Crippen LogP contribution in [0.4, 0.5) is 0 Å². The van der Waals surface area contributed by atoms with Crippen molar-refractivity contribution in [3.8, 4) is 5.75 Å². The van der Waals surface area contributed by atoms with Gasteiger partial charge in [-0.05, 0) is 58.5 Å². The second-order valence-electron chi connectivity index (χ2n) is 3.93. The second kappa shape index (κ2) is 6.29. The Balaban J connectivity index is 2.10. The monoisotopic (exact) mass is 386 g/mol. The minimum Gasteiger partial charge on any atom is -0.507 e. The third-order valence-electron chi connectivity index (χ3n) is 2.43. The van der Waals surface area contributed by atoms with Crippen molar-refractivity contribution in [3.63, 3.8) is 0 Å². The van der Waals surface area contributed by atoms with Gasteiger partial charge in [0.1, 0.15) is 5.75 Å². The molecule has 0 aliphatic carbocycles. The van der Waals surface area contributed by atoms with E-state index in [1.54, 1.807) is 6.07 Å². The third kappa shape index (κ3) is 4.14. The summed E-state index contributed by atoms with van der Waals surface area (Å²) in [4.78, 5) is 12.5. The number of carboxylic acid groups (broad SMARTS) is 1. The zero-order valence-corrected chi connectivity index (χ0v) is 12.8. The molecule has 0 aliphatic heterocycles. The van der Waals surface area contributed by atoms with Gasteiger partial charge in [-0.1, -0.05) is 23.9 Å². The lowest BCUT2D eigenvalue weighted by atomic mass is 10.2. The molecule has 0 heterocycles. The summed E-state index contributed by atoms with van der Waals surface area (Å²) in [6.07, 6.45) is 0.0370. The number of halogens is 1. The lowest BCUT2D eigenvalue weighted by Gasteiger charge is -2.04. The highest BCUT2D eigenvalue weighted by Crippen LogP contribution is 2.32. The molecular weight excluding hydrogens is 375 g/mol. The van der Waals surface area contributed by atoms with Crippen LogP contribution in [0.25, 0.3) is 0 Å². The maximum Gasteiger partial charge on any atom is 0.307 e. The Morgan fingerprint density at radius 3 is 2.32 bits per heavy atom. The van der Waals surface area contributed by atoms with Crippen molar-refractivity contribution in [3.05, 3.63) is 51.6 Å². The summed E-state index contributed by atoms with van der Waals surface area (Å²) in [6, 6.07) is 12.9. The Bertz CT molecular complexity index is 596. The molecule has 0 saturated heterocycles. The standard InChI is InChI=1S/C14H11IO3S/c15-12-6-5-11(8-13(12)16)19-10-3-1-9(2-4-10)7-14(17)18/h1-6,8,16H,7H2,(H,17,18). The summed E-state index contributed by atoms with van der Waals surface area (Å²) in [7, 11) is 0. The molecule has 0 aromatic heterocycles. The molecule has 0 spiro atoms. The molecule has 19 heavy (non-hydrogen) atoms. The van der Waals surface area contributed by atoms with Crippen LogP contribution >= 0.6 is 34.4 Å². The molecule has 0 fully saturated rings. The second-order valence-corrected chi connectivity index (χ2v) is 6.24. The zero-order chi connectivity index (χ0) is 13.8. The number of aromatic hydroxyl groups is 1. The van der Waals surface area contributed by atoms with Crippen molar-refractivity contribution < 1.29 is 15.0 Å². The number of carbonyl (C=O) groups is 1. The van der Waals surface area contributed by atoms with Crippen molar-refractivity contribution in [1.29, 1.82) is 0 Å². The number of benzene rings is 2. The average molecular weight is 386 g/mol. The van der Waals surface area contributed by atoms with Crippen molar-refractivity contribution in [2.45, 2.75) is 16.2 Å². The highest BCUT2D eigenvalue weighted by molar-refractivity contribution is 14.1. The van der Waals surface area contributed by atoms with Crippen molar-refractivity contribution in [1.82, 2.24) is 0 Å². The van der Waals surface area contributed by atoms with E-state index in [1.807, 2.05) is 36.4 Å².